The van der Waals surface area contributed by atoms with Crippen LogP contribution in [-0.4, -0.2) is 47.9 Å². The van der Waals surface area contributed by atoms with Gasteiger partial charge in [-0.2, -0.15) is 62.2 Å². The summed E-state index contributed by atoms with van der Waals surface area (Å²) in [4.78, 5) is 11.1. The summed E-state index contributed by atoms with van der Waals surface area (Å²) in [6, 6.07) is 3.28. The molecule has 0 fully saturated rings. The van der Waals surface area contributed by atoms with Crippen molar-refractivity contribution in [1.29, 1.82) is 0 Å². The number of carbonyl (C=O) groups is 1. The Labute approximate surface area is 161 Å². The highest BCUT2D eigenvalue weighted by Crippen LogP contribution is 2.60. The molecule has 0 spiro atoms. The van der Waals surface area contributed by atoms with Crippen LogP contribution < -0.4 is 5.43 Å². The van der Waals surface area contributed by atoms with Crippen molar-refractivity contribution >= 4 is 12.1 Å². The van der Waals surface area contributed by atoms with Crippen LogP contribution in [0.25, 0.3) is 0 Å². The van der Waals surface area contributed by atoms with Gasteiger partial charge in [-0.15, -0.1) is 0 Å². The van der Waals surface area contributed by atoms with Crippen molar-refractivity contribution < 1.29 is 66.3 Å². The average molecular weight is 484 g/mol. The van der Waals surface area contributed by atoms with Crippen LogP contribution in [0.4, 0.5) is 61.5 Å². The molecule has 1 rings (SSSR count). The van der Waals surface area contributed by atoms with Gasteiger partial charge in [-0.3, -0.25) is 4.79 Å². The van der Waals surface area contributed by atoms with Crippen molar-refractivity contribution in [2.24, 2.45) is 5.10 Å². The van der Waals surface area contributed by atoms with Gasteiger partial charge in [0.25, 0.3) is 0 Å². The number of amides is 1. The maximum atomic E-state index is 13.5. The molecule has 0 aliphatic heterocycles. The third kappa shape index (κ3) is 4.26. The molecule has 1 aromatic carbocycles. The fourth-order valence-electron chi connectivity index (χ4n) is 1.70. The van der Waals surface area contributed by atoms with Crippen LogP contribution in [0.1, 0.15) is 5.56 Å². The predicted octanol–water partition coefficient (Wildman–Crippen LogP) is 5.01. The molecule has 176 valence electrons. The van der Waals surface area contributed by atoms with E-state index in [1.54, 1.807) is 0 Å². The minimum Gasteiger partial charge on any atom is -0.266 e. The minimum atomic E-state index is -8.11. The Hall–Kier alpha value is -2.62. The number of hydrazone groups is 1. The number of nitrogens with zero attached hydrogens (tertiary/aromatic N) is 1. The van der Waals surface area contributed by atoms with E-state index in [2.05, 4.69) is 5.10 Å². The first-order valence-electron chi connectivity index (χ1n) is 7.19. The van der Waals surface area contributed by atoms with Crippen molar-refractivity contribution in [3.05, 3.63) is 35.6 Å². The van der Waals surface area contributed by atoms with Crippen molar-refractivity contribution in [3.8, 4) is 0 Å². The first kappa shape index (κ1) is 26.4. The van der Waals surface area contributed by atoms with Gasteiger partial charge in [0.05, 0.1) is 6.21 Å². The highest BCUT2D eigenvalue weighted by atomic mass is 19.4. The van der Waals surface area contributed by atoms with Gasteiger partial charge in [-0.1, -0.05) is 12.1 Å². The maximum absolute atomic E-state index is 13.5. The number of nitrogens with one attached hydrogen (secondary N) is 1. The van der Waals surface area contributed by atoms with Crippen LogP contribution in [0.15, 0.2) is 29.4 Å². The lowest BCUT2D eigenvalue weighted by molar-refractivity contribution is -0.436. The molecular formula is C14H6F14N2O. The number of hydrogen-bond donors (Lipinski definition) is 1. The second kappa shape index (κ2) is 7.81. The lowest BCUT2D eigenvalue weighted by Gasteiger charge is -2.38. The van der Waals surface area contributed by atoms with Crippen LogP contribution in [0.5, 0.6) is 0 Å². The summed E-state index contributed by atoms with van der Waals surface area (Å²) in [5.74, 6) is -43.2. The second-order valence-corrected chi connectivity index (χ2v) is 5.62. The molecule has 0 saturated heterocycles. The molecule has 0 heterocycles. The molecule has 3 nitrogen and oxygen atoms in total. The van der Waals surface area contributed by atoms with Crippen LogP contribution in [0.2, 0.25) is 0 Å². The Kier molecular flexibility index (Phi) is 6.66. The number of alkyl halides is 13. The fraction of sp³-hybridized carbons (Fsp3) is 0.429. The molecule has 0 atom stereocenters. The standard InChI is InChI=1S/C14H6F14N2O/c15-7-3-1-6(2-4-7)5-29-30-8(31)9(16,17)10(18,19)11(20,21)12(22,23)13(24,25)14(26,27)28/h1-5H,(H,30,31)/b29-5+. The number of carbonyl (C=O) groups excluding carboxylic acids is 1. The summed E-state index contributed by atoms with van der Waals surface area (Å²) in [5.41, 5.74) is 0.308. The SMILES string of the molecule is O=C(N/N=C/c1ccc(F)cc1)C(F)(F)C(F)(F)C(F)(F)C(F)(F)C(F)(F)C(F)(F)F. The molecule has 0 aliphatic rings. The van der Waals surface area contributed by atoms with E-state index < -0.39 is 47.5 Å². The van der Waals surface area contributed by atoms with Gasteiger partial charge < -0.3 is 0 Å². The van der Waals surface area contributed by atoms with Crippen molar-refractivity contribution in [3.63, 3.8) is 0 Å². The topological polar surface area (TPSA) is 41.5 Å². The second-order valence-electron chi connectivity index (χ2n) is 5.62. The summed E-state index contributed by atoms with van der Waals surface area (Å²) >= 11 is 0. The summed E-state index contributed by atoms with van der Waals surface area (Å²) < 4.78 is 180. The molecule has 0 bridgehead atoms. The first-order valence-corrected chi connectivity index (χ1v) is 7.19. The Bertz CT molecular complexity index is 828. The maximum Gasteiger partial charge on any atom is 0.460 e. The predicted molar refractivity (Wildman–Crippen MR) is 72.9 cm³/mol. The third-order valence-corrected chi connectivity index (χ3v) is 3.47. The molecular weight excluding hydrogens is 478 g/mol. The monoisotopic (exact) mass is 484 g/mol. The van der Waals surface area contributed by atoms with E-state index in [1.807, 2.05) is 0 Å². The van der Waals surface area contributed by atoms with Crippen LogP contribution in [0.3, 0.4) is 0 Å². The smallest absolute Gasteiger partial charge is 0.266 e. The highest BCUT2D eigenvalue weighted by molar-refractivity contribution is 5.87. The van der Waals surface area contributed by atoms with E-state index in [9.17, 15) is 66.3 Å². The van der Waals surface area contributed by atoms with E-state index in [0.29, 0.717) is 11.6 Å². The summed E-state index contributed by atoms with van der Waals surface area (Å²) in [7, 11) is 0. The molecule has 0 radical (unpaired) electrons. The molecule has 0 saturated carbocycles. The Balaban J connectivity index is 3.23. The molecule has 1 N–H and O–H groups in total. The van der Waals surface area contributed by atoms with E-state index in [0.717, 1.165) is 24.3 Å². The van der Waals surface area contributed by atoms with Gasteiger partial charge in [0.15, 0.2) is 0 Å². The fourth-order valence-corrected chi connectivity index (χ4v) is 1.70. The third-order valence-electron chi connectivity index (χ3n) is 3.47. The largest absolute Gasteiger partial charge is 0.460 e. The van der Waals surface area contributed by atoms with Gasteiger partial charge in [-0.05, 0) is 17.7 Å². The van der Waals surface area contributed by atoms with Crippen LogP contribution >= 0.6 is 0 Å². The lowest BCUT2D eigenvalue weighted by Crippen LogP contribution is -2.71. The molecule has 0 unspecified atom stereocenters. The Morgan fingerprint density at radius 1 is 0.710 bits per heavy atom. The number of halogens is 14. The van der Waals surface area contributed by atoms with Crippen LogP contribution in [-0.2, 0) is 4.79 Å². The minimum absolute atomic E-state index is 0.196. The Morgan fingerprint density at radius 3 is 1.55 bits per heavy atom. The summed E-state index contributed by atoms with van der Waals surface area (Å²) in [6.45, 7) is 0. The molecule has 17 heteroatoms. The van der Waals surface area contributed by atoms with Gasteiger partial charge in [0, 0.05) is 0 Å². The zero-order valence-corrected chi connectivity index (χ0v) is 14.0. The van der Waals surface area contributed by atoms with E-state index in [-0.39, 0.29) is 5.56 Å². The zero-order chi connectivity index (χ0) is 24.7. The molecule has 0 aromatic heterocycles. The van der Waals surface area contributed by atoms with Crippen molar-refractivity contribution in [2.45, 2.75) is 35.8 Å². The van der Waals surface area contributed by atoms with Gasteiger partial charge in [-0.25, -0.2) is 9.82 Å². The van der Waals surface area contributed by atoms with Gasteiger partial charge in [0.2, 0.25) is 0 Å². The number of rotatable bonds is 7. The van der Waals surface area contributed by atoms with E-state index in [4.69, 9.17) is 0 Å². The molecule has 31 heavy (non-hydrogen) atoms. The highest BCUT2D eigenvalue weighted by Gasteiger charge is 2.91. The van der Waals surface area contributed by atoms with E-state index in [1.165, 1.54) is 0 Å². The molecule has 1 aromatic rings. The molecule has 0 aliphatic carbocycles. The normalized spacial score (nSPS) is 14.8. The molecule has 1 amide bonds. The van der Waals surface area contributed by atoms with Crippen molar-refractivity contribution in [1.82, 2.24) is 5.43 Å². The lowest BCUT2D eigenvalue weighted by atomic mass is 9.93. The number of benzene rings is 1. The van der Waals surface area contributed by atoms with Crippen molar-refractivity contribution in [2.75, 3.05) is 0 Å². The number of hydrogen-bond acceptors (Lipinski definition) is 2. The summed E-state index contributed by atoms with van der Waals surface area (Å²) in [5, 5.41) is 2.56. The quantitative estimate of drug-likeness (QED) is 0.330. The average Bonchev–Trinajstić information content (AvgIpc) is 2.61. The Morgan fingerprint density at radius 2 is 1.13 bits per heavy atom. The van der Waals surface area contributed by atoms with E-state index >= 15 is 0 Å². The summed E-state index contributed by atoms with van der Waals surface area (Å²) in [6.07, 6.45) is -7.19. The van der Waals surface area contributed by atoms with Gasteiger partial charge in [0.1, 0.15) is 5.82 Å². The zero-order valence-electron chi connectivity index (χ0n) is 14.0. The van der Waals surface area contributed by atoms with Gasteiger partial charge >= 0.3 is 41.7 Å². The van der Waals surface area contributed by atoms with Crippen LogP contribution in [0, 0.1) is 5.82 Å². The first-order chi connectivity index (χ1) is 13.6.